The number of carbonyl (C=O) groups is 1. The van der Waals surface area contributed by atoms with Crippen molar-refractivity contribution in [1.82, 2.24) is 9.03 Å². The summed E-state index contributed by atoms with van der Waals surface area (Å²) >= 11 is 0. The van der Waals surface area contributed by atoms with Gasteiger partial charge in [0, 0.05) is 19.6 Å². The molecule has 0 amide bonds. The van der Waals surface area contributed by atoms with Crippen LogP contribution in [0.4, 0.5) is 0 Å². The molecule has 106 valence electrons. The first-order valence-electron chi connectivity index (χ1n) is 5.94. The molecule has 2 atom stereocenters. The molecule has 0 aromatic carbocycles. The van der Waals surface area contributed by atoms with E-state index in [9.17, 15) is 18.3 Å². The summed E-state index contributed by atoms with van der Waals surface area (Å²) in [5, 5.41) is 18.0. The minimum atomic E-state index is -3.67. The summed E-state index contributed by atoms with van der Waals surface area (Å²) in [7, 11) is -2.33. The molecule has 1 aliphatic rings. The molecule has 18 heavy (non-hydrogen) atoms. The maximum Gasteiger partial charge on any atom is 0.304 e. The third kappa shape index (κ3) is 4.89. The van der Waals surface area contributed by atoms with Gasteiger partial charge in [0.25, 0.3) is 10.2 Å². The average Bonchev–Trinajstić information content (AvgIpc) is 2.25. The number of hydrogen-bond donors (Lipinski definition) is 3. The van der Waals surface area contributed by atoms with Crippen LogP contribution in [0.15, 0.2) is 0 Å². The van der Waals surface area contributed by atoms with E-state index >= 15 is 0 Å². The molecule has 8 heteroatoms. The lowest BCUT2D eigenvalue weighted by atomic mass is 9.94. The summed E-state index contributed by atoms with van der Waals surface area (Å²) in [5.41, 5.74) is 0. The summed E-state index contributed by atoms with van der Waals surface area (Å²) in [5.74, 6) is -1.04. The third-order valence-corrected chi connectivity index (χ3v) is 4.65. The Morgan fingerprint density at radius 1 is 1.44 bits per heavy atom. The minimum Gasteiger partial charge on any atom is -0.481 e. The lowest BCUT2D eigenvalue weighted by Gasteiger charge is -2.28. The number of aliphatic hydroxyl groups is 1. The lowest BCUT2D eigenvalue weighted by molar-refractivity contribution is -0.137. The van der Waals surface area contributed by atoms with Crippen molar-refractivity contribution in [2.75, 3.05) is 13.6 Å². The Bertz CT molecular complexity index is 384. The van der Waals surface area contributed by atoms with Gasteiger partial charge in [0.15, 0.2) is 0 Å². The van der Waals surface area contributed by atoms with Crippen LogP contribution in [0.2, 0.25) is 0 Å². The molecule has 1 saturated carbocycles. The number of carboxylic acids is 1. The molecule has 0 bridgehead atoms. The van der Waals surface area contributed by atoms with Crippen molar-refractivity contribution in [3.63, 3.8) is 0 Å². The van der Waals surface area contributed by atoms with Gasteiger partial charge in [-0.2, -0.15) is 17.4 Å². The lowest BCUT2D eigenvalue weighted by Crippen LogP contribution is -2.46. The molecule has 0 aromatic rings. The SMILES string of the molecule is CN(CCC(=O)O)S(=O)(=O)NC1CCCC(O)C1. The van der Waals surface area contributed by atoms with Crippen molar-refractivity contribution in [2.24, 2.45) is 0 Å². The molecule has 3 N–H and O–H groups in total. The zero-order valence-corrected chi connectivity index (χ0v) is 11.2. The van der Waals surface area contributed by atoms with Gasteiger partial charge in [0.1, 0.15) is 0 Å². The molecular formula is C10H20N2O5S. The smallest absolute Gasteiger partial charge is 0.304 e. The summed E-state index contributed by atoms with van der Waals surface area (Å²) in [6, 6.07) is -0.272. The van der Waals surface area contributed by atoms with E-state index in [-0.39, 0.29) is 19.0 Å². The van der Waals surface area contributed by atoms with Gasteiger partial charge < -0.3 is 10.2 Å². The van der Waals surface area contributed by atoms with E-state index in [2.05, 4.69) is 4.72 Å². The maximum atomic E-state index is 11.9. The molecule has 0 saturated heterocycles. The molecule has 1 rings (SSSR count). The van der Waals surface area contributed by atoms with E-state index in [4.69, 9.17) is 5.11 Å². The molecular weight excluding hydrogens is 260 g/mol. The van der Waals surface area contributed by atoms with Crippen LogP contribution in [0.3, 0.4) is 0 Å². The Morgan fingerprint density at radius 3 is 2.67 bits per heavy atom. The van der Waals surface area contributed by atoms with Gasteiger partial charge in [-0.05, 0) is 25.7 Å². The van der Waals surface area contributed by atoms with E-state index < -0.39 is 22.3 Å². The Balaban J connectivity index is 2.49. The highest BCUT2D eigenvalue weighted by molar-refractivity contribution is 7.87. The largest absolute Gasteiger partial charge is 0.481 e. The third-order valence-electron chi connectivity index (χ3n) is 3.01. The Morgan fingerprint density at radius 2 is 2.11 bits per heavy atom. The summed E-state index contributed by atoms with van der Waals surface area (Å²) in [4.78, 5) is 10.4. The quantitative estimate of drug-likeness (QED) is 0.610. The number of aliphatic hydroxyl groups excluding tert-OH is 1. The van der Waals surface area contributed by atoms with Gasteiger partial charge in [0.2, 0.25) is 0 Å². The average molecular weight is 280 g/mol. The second-order valence-corrected chi connectivity index (χ2v) is 6.41. The number of nitrogens with zero attached hydrogens (tertiary/aromatic N) is 1. The van der Waals surface area contributed by atoms with E-state index in [1.54, 1.807) is 0 Å². The monoisotopic (exact) mass is 280 g/mol. The highest BCUT2D eigenvalue weighted by Gasteiger charge is 2.26. The fraction of sp³-hybridized carbons (Fsp3) is 0.900. The van der Waals surface area contributed by atoms with E-state index in [0.717, 1.165) is 10.7 Å². The van der Waals surface area contributed by atoms with Crippen LogP contribution in [-0.4, -0.2) is 54.6 Å². The molecule has 7 nitrogen and oxygen atoms in total. The van der Waals surface area contributed by atoms with Gasteiger partial charge in [-0.25, -0.2) is 0 Å². The van der Waals surface area contributed by atoms with Gasteiger partial charge in [-0.15, -0.1) is 0 Å². The molecule has 0 aromatic heterocycles. The zero-order valence-electron chi connectivity index (χ0n) is 10.4. The maximum absolute atomic E-state index is 11.9. The molecule has 2 unspecified atom stereocenters. The topological polar surface area (TPSA) is 107 Å². The van der Waals surface area contributed by atoms with Crippen LogP contribution in [0, 0.1) is 0 Å². The Labute approximate surface area is 107 Å². The first kappa shape index (κ1) is 15.4. The molecule has 0 aliphatic heterocycles. The molecule has 0 spiro atoms. The molecule has 1 aliphatic carbocycles. The first-order valence-corrected chi connectivity index (χ1v) is 7.38. The van der Waals surface area contributed by atoms with Crippen molar-refractivity contribution in [2.45, 2.75) is 44.2 Å². The normalized spacial score (nSPS) is 25.3. The first-order chi connectivity index (χ1) is 8.31. The van der Waals surface area contributed by atoms with Crippen LogP contribution < -0.4 is 4.72 Å². The number of aliphatic carboxylic acids is 1. The number of hydrogen-bond acceptors (Lipinski definition) is 4. The van der Waals surface area contributed by atoms with E-state index in [0.29, 0.717) is 19.3 Å². The second-order valence-electron chi connectivity index (χ2n) is 4.61. The van der Waals surface area contributed by atoms with Crippen molar-refractivity contribution in [1.29, 1.82) is 0 Å². The zero-order chi connectivity index (χ0) is 13.8. The van der Waals surface area contributed by atoms with E-state index in [1.807, 2.05) is 0 Å². The standard InChI is InChI=1S/C10H20N2O5S/c1-12(6-5-10(14)15)18(16,17)11-8-3-2-4-9(13)7-8/h8-9,11,13H,2-7H2,1H3,(H,14,15). The minimum absolute atomic E-state index is 0.0695. The predicted molar refractivity (Wildman–Crippen MR) is 65.2 cm³/mol. The van der Waals surface area contributed by atoms with Crippen LogP contribution in [0.1, 0.15) is 32.1 Å². The molecule has 1 fully saturated rings. The van der Waals surface area contributed by atoms with Gasteiger partial charge >= 0.3 is 5.97 Å². The van der Waals surface area contributed by atoms with Crippen LogP contribution in [0.25, 0.3) is 0 Å². The van der Waals surface area contributed by atoms with Crippen LogP contribution in [0.5, 0.6) is 0 Å². The van der Waals surface area contributed by atoms with Crippen molar-refractivity contribution in [3.05, 3.63) is 0 Å². The summed E-state index contributed by atoms with van der Waals surface area (Å²) in [6.45, 7) is -0.0695. The Kier molecular flexibility index (Phi) is 5.51. The predicted octanol–water partition coefficient (Wildman–Crippen LogP) is -0.469. The van der Waals surface area contributed by atoms with Crippen LogP contribution >= 0.6 is 0 Å². The fourth-order valence-electron chi connectivity index (χ4n) is 1.94. The number of nitrogens with one attached hydrogen (secondary N) is 1. The Hall–Kier alpha value is -0.700. The highest BCUT2D eigenvalue weighted by atomic mass is 32.2. The van der Waals surface area contributed by atoms with Crippen LogP contribution in [-0.2, 0) is 15.0 Å². The molecule has 0 radical (unpaired) electrons. The van der Waals surface area contributed by atoms with Crippen molar-refractivity contribution >= 4 is 16.2 Å². The highest BCUT2D eigenvalue weighted by Crippen LogP contribution is 2.19. The van der Waals surface area contributed by atoms with Gasteiger partial charge in [-0.1, -0.05) is 0 Å². The van der Waals surface area contributed by atoms with Gasteiger partial charge in [0.05, 0.1) is 12.5 Å². The summed E-state index contributed by atoms with van der Waals surface area (Å²) in [6.07, 6.45) is 1.90. The summed E-state index contributed by atoms with van der Waals surface area (Å²) < 4.78 is 27.2. The van der Waals surface area contributed by atoms with Gasteiger partial charge in [-0.3, -0.25) is 4.79 Å². The fourth-order valence-corrected chi connectivity index (χ4v) is 3.09. The van der Waals surface area contributed by atoms with E-state index in [1.165, 1.54) is 7.05 Å². The molecule has 0 heterocycles. The number of rotatable bonds is 6. The second kappa shape index (κ2) is 6.46. The van der Waals surface area contributed by atoms with Crippen molar-refractivity contribution in [3.8, 4) is 0 Å². The van der Waals surface area contributed by atoms with Crippen molar-refractivity contribution < 1.29 is 23.4 Å². The number of carboxylic acid groups (broad SMARTS) is 1.